The zero-order chi connectivity index (χ0) is 10.3. The molecule has 4 heteroatoms. The van der Waals surface area contributed by atoms with Gasteiger partial charge in [-0.05, 0) is 25.1 Å². The summed E-state index contributed by atoms with van der Waals surface area (Å²) in [5.41, 5.74) is 1.61. The number of aromatic nitrogens is 1. The summed E-state index contributed by atoms with van der Waals surface area (Å²) in [6.07, 6.45) is 0.363. The number of rotatable bonds is 1. The third-order valence-corrected chi connectivity index (χ3v) is 2.77. The van der Waals surface area contributed by atoms with Crippen LogP contribution in [0.5, 0.6) is 0 Å². The molecule has 4 nitrogen and oxygen atoms in total. The van der Waals surface area contributed by atoms with E-state index in [0.717, 1.165) is 24.1 Å². The number of aliphatic hydroxyl groups excluding tert-OH is 1. The van der Waals surface area contributed by atoms with E-state index in [-0.39, 0.29) is 6.04 Å². The average molecular weight is 204 g/mol. The van der Waals surface area contributed by atoms with Crippen molar-refractivity contribution >= 4 is 11.1 Å². The second-order valence-electron chi connectivity index (χ2n) is 3.81. The Hall–Kier alpha value is -1.39. The maximum absolute atomic E-state index is 9.71. The fraction of sp³-hybridized carbons (Fsp3) is 0.364. The van der Waals surface area contributed by atoms with Crippen molar-refractivity contribution in [2.75, 3.05) is 6.54 Å². The Balaban J connectivity index is 2.04. The van der Waals surface area contributed by atoms with Crippen LogP contribution < -0.4 is 5.32 Å². The molecule has 2 N–H and O–H groups in total. The van der Waals surface area contributed by atoms with E-state index >= 15 is 0 Å². The van der Waals surface area contributed by atoms with Gasteiger partial charge in [-0.2, -0.15) is 0 Å². The molecule has 1 aromatic carbocycles. The summed E-state index contributed by atoms with van der Waals surface area (Å²) in [5, 5.41) is 12.9. The molecule has 0 spiro atoms. The summed E-state index contributed by atoms with van der Waals surface area (Å²) in [6, 6.07) is 7.47. The van der Waals surface area contributed by atoms with Crippen molar-refractivity contribution in [3.05, 3.63) is 30.2 Å². The van der Waals surface area contributed by atoms with Crippen molar-refractivity contribution in [2.24, 2.45) is 0 Å². The molecule has 2 aromatic rings. The average Bonchev–Trinajstić information content (AvgIpc) is 2.82. The molecule has 15 heavy (non-hydrogen) atoms. The van der Waals surface area contributed by atoms with E-state index < -0.39 is 6.10 Å². The highest BCUT2D eigenvalue weighted by Gasteiger charge is 2.30. The van der Waals surface area contributed by atoms with Crippen LogP contribution in [-0.2, 0) is 0 Å². The largest absolute Gasteiger partial charge is 0.439 e. The zero-order valence-corrected chi connectivity index (χ0v) is 8.18. The fourth-order valence-corrected chi connectivity index (χ4v) is 1.96. The van der Waals surface area contributed by atoms with Crippen molar-refractivity contribution in [1.82, 2.24) is 10.3 Å². The van der Waals surface area contributed by atoms with E-state index in [0.29, 0.717) is 5.89 Å². The van der Waals surface area contributed by atoms with E-state index in [2.05, 4.69) is 10.3 Å². The number of hydrogen-bond donors (Lipinski definition) is 2. The summed E-state index contributed by atoms with van der Waals surface area (Å²) < 4.78 is 5.59. The van der Waals surface area contributed by atoms with Crippen molar-refractivity contribution in [1.29, 1.82) is 0 Å². The first kappa shape index (κ1) is 8.88. The van der Waals surface area contributed by atoms with Crippen LogP contribution in [0.4, 0.5) is 0 Å². The zero-order valence-electron chi connectivity index (χ0n) is 8.18. The van der Waals surface area contributed by atoms with Crippen LogP contribution in [0.15, 0.2) is 28.7 Å². The first-order valence-electron chi connectivity index (χ1n) is 5.11. The SMILES string of the molecule is OC1CCNC1c1nc2ccccc2o1. The molecule has 2 unspecified atom stereocenters. The van der Waals surface area contributed by atoms with Gasteiger partial charge in [0.15, 0.2) is 5.58 Å². The number of benzene rings is 1. The minimum Gasteiger partial charge on any atom is -0.439 e. The number of nitrogens with one attached hydrogen (secondary N) is 1. The first-order valence-corrected chi connectivity index (χ1v) is 5.11. The second-order valence-corrected chi connectivity index (χ2v) is 3.81. The van der Waals surface area contributed by atoms with Gasteiger partial charge < -0.3 is 14.8 Å². The standard InChI is InChI=1S/C11H12N2O2/c14-8-5-6-12-10(8)11-13-7-3-1-2-4-9(7)15-11/h1-4,8,10,12,14H,5-6H2. The molecule has 78 valence electrons. The van der Waals surface area contributed by atoms with Crippen LogP contribution in [0.1, 0.15) is 18.4 Å². The van der Waals surface area contributed by atoms with Gasteiger partial charge in [-0.3, -0.25) is 0 Å². The number of fused-ring (bicyclic) bond motifs is 1. The first-order chi connectivity index (χ1) is 7.34. The summed E-state index contributed by atoms with van der Waals surface area (Å²) in [6.45, 7) is 0.810. The minimum absolute atomic E-state index is 0.155. The van der Waals surface area contributed by atoms with Crippen LogP contribution in [0.2, 0.25) is 0 Å². The molecule has 1 fully saturated rings. The molecule has 0 bridgehead atoms. The Kier molecular flexibility index (Phi) is 1.97. The lowest BCUT2D eigenvalue weighted by Gasteiger charge is -2.09. The molecule has 2 heterocycles. The minimum atomic E-state index is -0.391. The summed E-state index contributed by atoms with van der Waals surface area (Å²) in [7, 11) is 0. The number of hydrogen-bond acceptors (Lipinski definition) is 4. The fourth-order valence-electron chi connectivity index (χ4n) is 1.96. The molecule has 0 aliphatic carbocycles. The Morgan fingerprint density at radius 1 is 1.40 bits per heavy atom. The van der Waals surface area contributed by atoms with E-state index in [4.69, 9.17) is 4.42 Å². The van der Waals surface area contributed by atoms with E-state index in [1.165, 1.54) is 0 Å². The summed E-state index contributed by atoms with van der Waals surface area (Å²) in [4.78, 5) is 4.36. The molecule has 1 aliphatic heterocycles. The number of para-hydroxylation sites is 2. The number of nitrogens with zero attached hydrogens (tertiary/aromatic N) is 1. The van der Waals surface area contributed by atoms with E-state index in [9.17, 15) is 5.11 Å². The van der Waals surface area contributed by atoms with Crippen LogP contribution in [0, 0.1) is 0 Å². The van der Waals surface area contributed by atoms with Crippen LogP contribution >= 0.6 is 0 Å². The van der Waals surface area contributed by atoms with Crippen molar-refractivity contribution in [2.45, 2.75) is 18.6 Å². The Bertz CT molecular complexity index is 447. The van der Waals surface area contributed by atoms with Crippen LogP contribution in [0.3, 0.4) is 0 Å². The van der Waals surface area contributed by atoms with Crippen molar-refractivity contribution in [3.8, 4) is 0 Å². The monoisotopic (exact) mass is 204 g/mol. The summed E-state index contributed by atoms with van der Waals surface area (Å²) in [5.74, 6) is 0.584. The molecular formula is C11H12N2O2. The van der Waals surface area contributed by atoms with Gasteiger partial charge in [0.05, 0.1) is 6.10 Å². The van der Waals surface area contributed by atoms with E-state index in [1.54, 1.807) is 0 Å². The number of oxazole rings is 1. The quantitative estimate of drug-likeness (QED) is 0.733. The summed E-state index contributed by atoms with van der Waals surface area (Å²) >= 11 is 0. The lowest BCUT2D eigenvalue weighted by Crippen LogP contribution is -2.21. The van der Waals surface area contributed by atoms with Gasteiger partial charge in [0.25, 0.3) is 0 Å². The van der Waals surface area contributed by atoms with E-state index in [1.807, 2.05) is 24.3 Å². The predicted octanol–water partition coefficient (Wildman–Crippen LogP) is 1.22. The number of aliphatic hydroxyl groups is 1. The van der Waals surface area contributed by atoms with Crippen LogP contribution in [0.25, 0.3) is 11.1 Å². The molecule has 0 saturated carbocycles. The maximum atomic E-state index is 9.71. The van der Waals surface area contributed by atoms with Gasteiger partial charge in [-0.25, -0.2) is 4.98 Å². The molecule has 0 amide bonds. The van der Waals surface area contributed by atoms with Crippen molar-refractivity contribution < 1.29 is 9.52 Å². The molecule has 2 atom stereocenters. The highest BCUT2D eigenvalue weighted by Crippen LogP contribution is 2.26. The highest BCUT2D eigenvalue weighted by molar-refractivity contribution is 5.72. The highest BCUT2D eigenvalue weighted by atomic mass is 16.4. The second kappa shape index (κ2) is 3.32. The van der Waals surface area contributed by atoms with Gasteiger partial charge in [0.1, 0.15) is 11.6 Å². The smallest absolute Gasteiger partial charge is 0.215 e. The lowest BCUT2D eigenvalue weighted by atomic mass is 10.2. The van der Waals surface area contributed by atoms with Gasteiger partial charge >= 0.3 is 0 Å². The molecule has 1 aliphatic rings. The lowest BCUT2D eigenvalue weighted by molar-refractivity contribution is 0.148. The predicted molar refractivity (Wildman–Crippen MR) is 55.4 cm³/mol. The molecule has 1 saturated heterocycles. The molecule has 1 aromatic heterocycles. The molecular weight excluding hydrogens is 192 g/mol. The normalized spacial score (nSPS) is 26.2. The third-order valence-electron chi connectivity index (χ3n) is 2.77. The van der Waals surface area contributed by atoms with Crippen molar-refractivity contribution in [3.63, 3.8) is 0 Å². The Morgan fingerprint density at radius 3 is 3.00 bits per heavy atom. The Labute approximate surface area is 86.9 Å². The molecule has 3 rings (SSSR count). The van der Waals surface area contributed by atoms with Gasteiger partial charge in [0.2, 0.25) is 5.89 Å². The Morgan fingerprint density at radius 2 is 2.27 bits per heavy atom. The third kappa shape index (κ3) is 1.42. The topological polar surface area (TPSA) is 58.3 Å². The maximum Gasteiger partial charge on any atom is 0.215 e. The van der Waals surface area contributed by atoms with Gasteiger partial charge in [-0.15, -0.1) is 0 Å². The molecule has 0 radical (unpaired) electrons. The van der Waals surface area contributed by atoms with Gasteiger partial charge in [0, 0.05) is 0 Å². The van der Waals surface area contributed by atoms with Crippen LogP contribution in [-0.4, -0.2) is 22.7 Å². The van der Waals surface area contributed by atoms with Gasteiger partial charge in [-0.1, -0.05) is 12.1 Å².